The molecule has 0 aromatic heterocycles. The van der Waals surface area contributed by atoms with E-state index >= 15 is 0 Å². The minimum Gasteiger partial charge on any atom is -0.507 e. The Labute approximate surface area is 155 Å². The lowest BCUT2D eigenvalue weighted by atomic mass is 9.96. The first-order valence-electron chi connectivity index (χ1n) is 7.75. The lowest BCUT2D eigenvalue weighted by Gasteiger charge is -2.41. The fraction of sp³-hybridized carbons (Fsp3) is 0.438. The van der Waals surface area contributed by atoms with Gasteiger partial charge in [-0.1, -0.05) is 0 Å². The molecule has 3 unspecified atom stereocenters. The molecule has 0 bridgehead atoms. The number of hydrogen-bond donors (Lipinski definition) is 2. The second-order valence-electron chi connectivity index (χ2n) is 6.59. The van der Waals surface area contributed by atoms with E-state index in [9.17, 15) is 33.0 Å². The van der Waals surface area contributed by atoms with Gasteiger partial charge in [0, 0.05) is 16.5 Å². The Kier molecular flexibility index (Phi) is 4.53. The molecule has 0 radical (unpaired) electrons. The number of rotatable bonds is 4. The zero-order valence-corrected chi connectivity index (χ0v) is 14.9. The maximum Gasteiger partial charge on any atom is 0.573 e. The molecule has 2 heterocycles. The molecule has 1 aromatic carbocycles. The topological polar surface area (TPSA) is 99.4 Å². The Morgan fingerprint density at radius 3 is 2.67 bits per heavy atom. The predicted molar refractivity (Wildman–Crippen MR) is 89.9 cm³/mol. The number of thioether (sulfide) groups is 1. The molecule has 2 aliphatic rings. The number of aromatic hydroxyl groups is 1. The number of aliphatic imine (C=N–C) groups is 1. The van der Waals surface area contributed by atoms with Crippen LogP contribution in [-0.4, -0.2) is 61.8 Å². The van der Waals surface area contributed by atoms with Crippen LogP contribution in [0.2, 0.25) is 0 Å². The molecule has 1 aromatic rings. The van der Waals surface area contributed by atoms with Gasteiger partial charge in [0.1, 0.15) is 22.9 Å². The van der Waals surface area contributed by atoms with Crippen molar-refractivity contribution in [1.82, 2.24) is 4.90 Å². The number of carbonyl (C=O) groups is 2. The van der Waals surface area contributed by atoms with E-state index in [0.717, 1.165) is 24.4 Å². The van der Waals surface area contributed by atoms with Gasteiger partial charge in [0.25, 0.3) is 5.91 Å². The third-order valence-electron chi connectivity index (χ3n) is 4.25. The number of benzene rings is 1. The highest BCUT2D eigenvalue weighted by Gasteiger charge is 2.63. The van der Waals surface area contributed by atoms with Gasteiger partial charge in [0.05, 0.1) is 0 Å². The van der Waals surface area contributed by atoms with Crippen molar-refractivity contribution in [2.45, 2.75) is 42.4 Å². The predicted octanol–water partition coefficient (Wildman–Crippen LogP) is 2.23. The molecule has 0 spiro atoms. The summed E-state index contributed by atoms with van der Waals surface area (Å²) in [4.78, 5) is 29.1. The van der Waals surface area contributed by atoms with Crippen molar-refractivity contribution >= 4 is 29.9 Å². The van der Waals surface area contributed by atoms with E-state index in [0.29, 0.717) is 0 Å². The Morgan fingerprint density at radius 1 is 1.41 bits per heavy atom. The summed E-state index contributed by atoms with van der Waals surface area (Å²) in [6.45, 7) is 3.43. The molecule has 0 saturated carbocycles. The molecule has 1 amide bonds. The van der Waals surface area contributed by atoms with Crippen LogP contribution in [0.5, 0.6) is 11.5 Å². The highest BCUT2D eigenvalue weighted by Crippen LogP contribution is 2.51. The van der Waals surface area contributed by atoms with E-state index in [1.807, 2.05) is 0 Å². The summed E-state index contributed by atoms with van der Waals surface area (Å²) >= 11 is 1.29. The molecular formula is C16H15F3N2O5S. The number of aliphatic carboxylic acids is 1. The van der Waals surface area contributed by atoms with E-state index in [4.69, 9.17) is 0 Å². The van der Waals surface area contributed by atoms with Gasteiger partial charge in [-0.15, -0.1) is 24.9 Å². The van der Waals surface area contributed by atoms with Crippen LogP contribution in [0.3, 0.4) is 0 Å². The van der Waals surface area contributed by atoms with Gasteiger partial charge in [0.2, 0.25) is 0 Å². The third-order valence-corrected chi connectivity index (χ3v) is 5.81. The summed E-state index contributed by atoms with van der Waals surface area (Å²) in [5.74, 6) is -2.46. The smallest absolute Gasteiger partial charge is 0.507 e. The molecule has 3 rings (SSSR count). The summed E-state index contributed by atoms with van der Waals surface area (Å²) < 4.78 is 40.0. The maximum atomic E-state index is 12.3. The number of amides is 1. The SMILES string of the molecule is CC1(C)SC2C(N=Cc3cc(OC(F)(F)F)ccc3O)C(=O)N2C1C(=O)O. The Balaban J connectivity index is 1.79. The zero-order valence-electron chi connectivity index (χ0n) is 14.1. The third kappa shape index (κ3) is 3.55. The lowest BCUT2D eigenvalue weighted by molar-refractivity contribution is -0.274. The number of halogens is 3. The first-order valence-corrected chi connectivity index (χ1v) is 8.63. The van der Waals surface area contributed by atoms with Crippen LogP contribution in [0.15, 0.2) is 23.2 Å². The van der Waals surface area contributed by atoms with Crippen molar-refractivity contribution < 1.29 is 37.7 Å². The fourth-order valence-corrected chi connectivity index (χ4v) is 4.74. The Morgan fingerprint density at radius 2 is 2.07 bits per heavy atom. The largest absolute Gasteiger partial charge is 0.573 e. The van der Waals surface area contributed by atoms with Gasteiger partial charge in [-0.25, -0.2) is 4.79 Å². The van der Waals surface area contributed by atoms with E-state index in [2.05, 4.69) is 9.73 Å². The van der Waals surface area contributed by atoms with Crippen molar-refractivity contribution in [1.29, 1.82) is 0 Å². The van der Waals surface area contributed by atoms with Crippen molar-refractivity contribution in [3.63, 3.8) is 0 Å². The lowest BCUT2D eigenvalue weighted by Crippen LogP contribution is -2.64. The van der Waals surface area contributed by atoms with Gasteiger partial charge in [0.15, 0.2) is 6.04 Å². The fourth-order valence-electron chi connectivity index (χ4n) is 3.12. The van der Waals surface area contributed by atoms with Crippen molar-refractivity contribution in [2.24, 2.45) is 4.99 Å². The van der Waals surface area contributed by atoms with Gasteiger partial charge in [-0.05, 0) is 32.0 Å². The number of phenols is 1. The maximum absolute atomic E-state index is 12.3. The molecule has 2 fully saturated rings. The Hall–Kier alpha value is -2.43. The number of carbonyl (C=O) groups excluding carboxylic acids is 1. The minimum absolute atomic E-state index is 0.0555. The minimum atomic E-state index is -4.88. The molecule has 3 atom stereocenters. The number of nitrogens with zero attached hydrogens (tertiary/aromatic N) is 2. The van der Waals surface area contributed by atoms with Gasteiger partial charge in [-0.2, -0.15) is 0 Å². The number of ether oxygens (including phenoxy) is 1. The number of carboxylic acid groups (broad SMARTS) is 1. The van der Waals surface area contributed by atoms with Crippen LogP contribution in [0, 0.1) is 0 Å². The summed E-state index contributed by atoms with van der Waals surface area (Å²) in [6.07, 6.45) is -3.80. The number of phenolic OH excluding ortho intramolecular Hbond substituents is 1. The van der Waals surface area contributed by atoms with Crippen molar-refractivity contribution in [3.8, 4) is 11.5 Å². The molecule has 7 nitrogen and oxygen atoms in total. The van der Waals surface area contributed by atoms with E-state index < -0.39 is 46.2 Å². The summed E-state index contributed by atoms with van der Waals surface area (Å²) in [6, 6.07) is 1.06. The molecule has 146 valence electrons. The standard InChI is InChI=1S/C16H15F3N2O5S/c1-15(2)11(14(24)25)21-12(23)10(13(21)27-15)20-6-7-5-8(3-4-9(7)22)26-16(17,18)19/h3-6,10-11,13,22H,1-2H3,(H,24,25). The average Bonchev–Trinajstić information content (AvgIpc) is 2.77. The van der Waals surface area contributed by atoms with Crippen LogP contribution >= 0.6 is 11.8 Å². The second-order valence-corrected chi connectivity index (χ2v) is 8.36. The van der Waals surface area contributed by atoms with Gasteiger partial charge < -0.3 is 19.8 Å². The Bertz CT molecular complexity index is 827. The van der Waals surface area contributed by atoms with Crippen LogP contribution in [0.25, 0.3) is 0 Å². The molecule has 2 aliphatic heterocycles. The van der Waals surface area contributed by atoms with Crippen LogP contribution in [0.1, 0.15) is 19.4 Å². The van der Waals surface area contributed by atoms with E-state index in [-0.39, 0.29) is 11.3 Å². The number of β-lactam (4-membered cyclic amide) rings is 1. The monoisotopic (exact) mass is 404 g/mol. The number of alkyl halides is 3. The van der Waals surface area contributed by atoms with Crippen LogP contribution in [0.4, 0.5) is 13.2 Å². The molecule has 2 saturated heterocycles. The molecule has 11 heteroatoms. The van der Waals surface area contributed by atoms with Crippen LogP contribution < -0.4 is 4.74 Å². The van der Waals surface area contributed by atoms with Crippen molar-refractivity contribution in [2.75, 3.05) is 0 Å². The summed E-state index contributed by atoms with van der Waals surface area (Å²) in [5.41, 5.74) is -0.0555. The van der Waals surface area contributed by atoms with Crippen molar-refractivity contribution in [3.05, 3.63) is 23.8 Å². The molecular weight excluding hydrogens is 389 g/mol. The number of fused-ring (bicyclic) bond motifs is 1. The van der Waals surface area contributed by atoms with Crippen LogP contribution in [-0.2, 0) is 9.59 Å². The molecule has 27 heavy (non-hydrogen) atoms. The number of carboxylic acids is 1. The highest BCUT2D eigenvalue weighted by molar-refractivity contribution is 8.01. The van der Waals surface area contributed by atoms with Gasteiger partial charge >= 0.3 is 12.3 Å². The quantitative estimate of drug-likeness (QED) is 0.590. The molecule has 2 N–H and O–H groups in total. The first-order chi connectivity index (χ1) is 12.4. The molecule has 0 aliphatic carbocycles. The summed E-state index contributed by atoms with van der Waals surface area (Å²) in [5, 5.41) is 18.7. The number of hydrogen-bond acceptors (Lipinski definition) is 6. The zero-order chi connectivity index (χ0) is 20.1. The average molecular weight is 404 g/mol. The van der Waals surface area contributed by atoms with Gasteiger partial charge in [-0.3, -0.25) is 9.79 Å². The second kappa shape index (κ2) is 6.32. The van der Waals surface area contributed by atoms with E-state index in [1.54, 1.807) is 13.8 Å². The highest BCUT2D eigenvalue weighted by atomic mass is 32.2. The summed E-state index contributed by atoms with van der Waals surface area (Å²) in [7, 11) is 0. The first kappa shape index (κ1) is 19.3. The normalized spacial score (nSPS) is 26.8. The van der Waals surface area contributed by atoms with E-state index in [1.165, 1.54) is 16.7 Å².